The second kappa shape index (κ2) is 5.81. The summed E-state index contributed by atoms with van der Waals surface area (Å²) in [6.07, 6.45) is 0. The molecule has 1 unspecified atom stereocenters. The van der Waals surface area contributed by atoms with Crippen LogP contribution in [0.3, 0.4) is 0 Å². The lowest BCUT2D eigenvalue weighted by molar-refractivity contribution is -0.117. The van der Waals surface area contributed by atoms with Gasteiger partial charge in [-0.2, -0.15) is 0 Å². The van der Waals surface area contributed by atoms with Crippen molar-refractivity contribution in [2.24, 2.45) is 5.73 Å². The molecule has 2 aromatic rings. The quantitative estimate of drug-likeness (QED) is 0.904. The summed E-state index contributed by atoms with van der Waals surface area (Å²) in [6.45, 7) is 0. The van der Waals surface area contributed by atoms with Gasteiger partial charge in [-0.25, -0.2) is 4.39 Å². The largest absolute Gasteiger partial charge is 0.494 e. The molecule has 19 heavy (non-hydrogen) atoms. The van der Waals surface area contributed by atoms with E-state index in [1.807, 2.05) is 11.4 Å². The zero-order valence-corrected chi connectivity index (χ0v) is 11.0. The fourth-order valence-corrected chi connectivity index (χ4v) is 2.29. The third-order valence-electron chi connectivity index (χ3n) is 2.55. The molecule has 1 atom stereocenters. The molecule has 0 fully saturated rings. The maximum atomic E-state index is 13.5. The minimum absolute atomic E-state index is 0.126. The van der Waals surface area contributed by atoms with Gasteiger partial charge in [0.25, 0.3) is 0 Å². The van der Waals surface area contributed by atoms with Gasteiger partial charge in [-0.1, -0.05) is 6.07 Å². The number of benzene rings is 1. The summed E-state index contributed by atoms with van der Waals surface area (Å²) in [6, 6.07) is 7.04. The van der Waals surface area contributed by atoms with Crippen LogP contribution in [0.15, 0.2) is 35.7 Å². The second-order valence-electron chi connectivity index (χ2n) is 3.83. The number of nitrogens with two attached hydrogens (primary N) is 1. The molecule has 1 heterocycles. The van der Waals surface area contributed by atoms with Crippen molar-refractivity contribution >= 4 is 22.9 Å². The summed E-state index contributed by atoms with van der Waals surface area (Å²) in [5, 5.41) is 4.41. The van der Waals surface area contributed by atoms with Crippen molar-refractivity contribution in [3.8, 4) is 5.75 Å². The molecular formula is C13H13FN2O2S. The summed E-state index contributed by atoms with van der Waals surface area (Å²) < 4.78 is 18.3. The molecule has 1 amide bonds. The van der Waals surface area contributed by atoms with Gasteiger partial charge in [0.2, 0.25) is 5.91 Å². The van der Waals surface area contributed by atoms with Gasteiger partial charge in [-0.3, -0.25) is 4.79 Å². The highest BCUT2D eigenvalue weighted by Crippen LogP contribution is 2.22. The minimum atomic E-state index is -0.759. The molecule has 0 saturated heterocycles. The van der Waals surface area contributed by atoms with Gasteiger partial charge in [-0.05, 0) is 23.6 Å². The van der Waals surface area contributed by atoms with E-state index in [9.17, 15) is 9.18 Å². The van der Waals surface area contributed by atoms with Crippen LogP contribution in [0, 0.1) is 5.82 Å². The predicted octanol–water partition coefficient (Wildman–Crippen LogP) is 2.53. The maximum absolute atomic E-state index is 13.5. The molecule has 4 nitrogen and oxygen atoms in total. The van der Waals surface area contributed by atoms with Crippen LogP contribution < -0.4 is 15.8 Å². The van der Waals surface area contributed by atoms with E-state index < -0.39 is 11.9 Å². The van der Waals surface area contributed by atoms with Crippen LogP contribution in [-0.2, 0) is 4.79 Å². The van der Waals surface area contributed by atoms with Crippen LogP contribution in [0.4, 0.5) is 10.1 Å². The normalized spacial score (nSPS) is 11.9. The SMILES string of the molecule is COc1ccc(NC(=O)C(N)c2cccs2)cc1F. The number of nitrogens with one attached hydrogen (secondary N) is 1. The molecule has 1 aromatic carbocycles. The van der Waals surface area contributed by atoms with E-state index in [0.29, 0.717) is 5.69 Å². The van der Waals surface area contributed by atoms with Crippen molar-refractivity contribution in [3.63, 3.8) is 0 Å². The van der Waals surface area contributed by atoms with Crippen LogP contribution in [0.25, 0.3) is 0 Å². The first-order chi connectivity index (χ1) is 9.11. The van der Waals surface area contributed by atoms with Gasteiger partial charge in [0.15, 0.2) is 11.6 Å². The first-order valence-electron chi connectivity index (χ1n) is 5.55. The lowest BCUT2D eigenvalue weighted by Crippen LogP contribution is -2.27. The highest BCUT2D eigenvalue weighted by Gasteiger charge is 2.17. The van der Waals surface area contributed by atoms with Gasteiger partial charge in [-0.15, -0.1) is 11.3 Å². The molecule has 100 valence electrons. The third-order valence-corrected chi connectivity index (χ3v) is 3.51. The molecule has 0 aliphatic rings. The molecule has 0 radical (unpaired) electrons. The van der Waals surface area contributed by atoms with E-state index in [1.54, 1.807) is 12.1 Å². The Morgan fingerprint density at radius 3 is 2.84 bits per heavy atom. The molecule has 0 spiro atoms. The van der Waals surface area contributed by atoms with Gasteiger partial charge in [0, 0.05) is 16.6 Å². The average molecular weight is 280 g/mol. The molecular weight excluding hydrogens is 267 g/mol. The molecule has 3 N–H and O–H groups in total. The van der Waals surface area contributed by atoms with Crippen molar-refractivity contribution in [1.82, 2.24) is 0 Å². The lowest BCUT2D eigenvalue weighted by atomic mass is 10.2. The standard InChI is InChI=1S/C13H13FN2O2S/c1-18-10-5-4-8(7-9(10)14)16-13(17)12(15)11-3-2-6-19-11/h2-7,12H,15H2,1H3,(H,16,17). The number of carbonyl (C=O) groups excluding carboxylic acids is 1. The maximum Gasteiger partial charge on any atom is 0.246 e. The van der Waals surface area contributed by atoms with Crippen molar-refractivity contribution in [2.75, 3.05) is 12.4 Å². The van der Waals surface area contributed by atoms with Crippen molar-refractivity contribution < 1.29 is 13.9 Å². The molecule has 0 aliphatic heterocycles. The molecule has 1 aromatic heterocycles. The number of anilines is 1. The second-order valence-corrected chi connectivity index (χ2v) is 4.81. The summed E-state index contributed by atoms with van der Waals surface area (Å²) >= 11 is 1.40. The van der Waals surface area contributed by atoms with E-state index >= 15 is 0 Å². The zero-order chi connectivity index (χ0) is 13.8. The Morgan fingerprint density at radius 1 is 1.47 bits per heavy atom. The lowest BCUT2D eigenvalue weighted by Gasteiger charge is -2.11. The third kappa shape index (κ3) is 3.10. The Hall–Kier alpha value is -1.92. The highest BCUT2D eigenvalue weighted by atomic mass is 32.1. The van der Waals surface area contributed by atoms with Gasteiger partial charge in [0.05, 0.1) is 7.11 Å². The molecule has 0 bridgehead atoms. The van der Waals surface area contributed by atoms with E-state index in [4.69, 9.17) is 10.5 Å². The summed E-state index contributed by atoms with van der Waals surface area (Å²) in [7, 11) is 1.38. The average Bonchev–Trinajstić information content (AvgIpc) is 2.92. The number of rotatable bonds is 4. The Balaban J connectivity index is 2.09. The Kier molecular flexibility index (Phi) is 4.13. The number of hydrogen-bond acceptors (Lipinski definition) is 4. The van der Waals surface area contributed by atoms with Gasteiger partial charge < -0.3 is 15.8 Å². The topological polar surface area (TPSA) is 64.3 Å². The summed E-state index contributed by atoms with van der Waals surface area (Å²) in [5.74, 6) is -0.794. The fraction of sp³-hybridized carbons (Fsp3) is 0.154. The van der Waals surface area contributed by atoms with Crippen molar-refractivity contribution in [1.29, 1.82) is 0 Å². The zero-order valence-electron chi connectivity index (χ0n) is 10.2. The molecule has 6 heteroatoms. The van der Waals surface area contributed by atoms with E-state index in [0.717, 1.165) is 4.88 Å². The summed E-state index contributed by atoms with van der Waals surface area (Å²) in [4.78, 5) is 12.6. The van der Waals surface area contributed by atoms with Crippen LogP contribution in [-0.4, -0.2) is 13.0 Å². The van der Waals surface area contributed by atoms with Crippen LogP contribution in [0.5, 0.6) is 5.75 Å². The first-order valence-corrected chi connectivity index (χ1v) is 6.43. The summed E-state index contributed by atoms with van der Waals surface area (Å²) in [5.41, 5.74) is 6.15. The van der Waals surface area contributed by atoms with Crippen molar-refractivity contribution in [3.05, 3.63) is 46.4 Å². The number of halogens is 1. The number of hydrogen-bond donors (Lipinski definition) is 2. The monoisotopic (exact) mass is 280 g/mol. The molecule has 2 rings (SSSR count). The number of thiophene rings is 1. The Labute approximate surface area is 114 Å². The van der Waals surface area contributed by atoms with E-state index in [1.165, 1.54) is 30.6 Å². The van der Waals surface area contributed by atoms with Crippen LogP contribution in [0.2, 0.25) is 0 Å². The van der Waals surface area contributed by atoms with Gasteiger partial charge in [0.1, 0.15) is 6.04 Å². The molecule has 0 aliphatic carbocycles. The smallest absolute Gasteiger partial charge is 0.246 e. The van der Waals surface area contributed by atoms with E-state index in [-0.39, 0.29) is 11.7 Å². The predicted molar refractivity (Wildman–Crippen MR) is 72.8 cm³/mol. The van der Waals surface area contributed by atoms with Crippen molar-refractivity contribution in [2.45, 2.75) is 6.04 Å². The Morgan fingerprint density at radius 2 is 2.26 bits per heavy atom. The number of amides is 1. The Bertz CT molecular complexity index is 572. The number of carbonyl (C=O) groups is 1. The molecule has 0 saturated carbocycles. The fourth-order valence-electron chi connectivity index (χ4n) is 1.56. The first kappa shape index (κ1) is 13.5. The number of methoxy groups -OCH3 is 1. The van der Waals surface area contributed by atoms with E-state index in [2.05, 4.69) is 5.32 Å². The van der Waals surface area contributed by atoms with Crippen LogP contribution in [0.1, 0.15) is 10.9 Å². The van der Waals surface area contributed by atoms with Gasteiger partial charge >= 0.3 is 0 Å². The van der Waals surface area contributed by atoms with Crippen LogP contribution >= 0.6 is 11.3 Å². The minimum Gasteiger partial charge on any atom is -0.494 e. The number of ether oxygens (including phenoxy) is 1. The highest BCUT2D eigenvalue weighted by molar-refractivity contribution is 7.10.